The van der Waals surface area contributed by atoms with Crippen molar-refractivity contribution in [1.82, 2.24) is 19.8 Å². The minimum absolute atomic E-state index is 0.500. The second kappa shape index (κ2) is 6.17. The Morgan fingerprint density at radius 1 is 1.47 bits per heavy atom. The Labute approximate surface area is 104 Å². The van der Waals surface area contributed by atoms with Gasteiger partial charge in [0.1, 0.15) is 0 Å². The van der Waals surface area contributed by atoms with Crippen LogP contribution in [0.2, 0.25) is 0 Å². The zero-order chi connectivity index (χ0) is 12.1. The third-order valence-corrected chi connectivity index (χ3v) is 3.67. The van der Waals surface area contributed by atoms with E-state index in [1.165, 1.54) is 25.8 Å². The third kappa shape index (κ3) is 3.82. The summed E-state index contributed by atoms with van der Waals surface area (Å²) in [6.07, 6.45) is 9.81. The lowest BCUT2D eigenvalue weighted by atomic mass is 10.0. The molecule has 4 heteroatoms. The second-order valence-electron chi connectivity index (χ2n) is 5.20. The van der Waals surface area contributed by atoms with Gasteiger partial charge in [-0.15, -0.1) is 0 Å². The van der Waals surface area contributed by atoms with Crippen LogP contribution in [0.25, 0.3) is 0 Å². The van der Waals surface area contributed by atoms with E-state index in [-0.39, 0.29) is 0 Å². The van der Waals surface area contributed by atoms with E-state index in [0.29, 0.717) is 12.1 Å². The normalized spacial score (nSPS) is 23.8. The minimum Gasteiger partial charge on any atom is -0.336 e. The summed E-state index contributed by atoms with van der Waals surface area (Å²) in [7, 11) is 2.24. The molecule has 0 aromatic carbocycles. The Morgan fingerprint density at radius 2 is 2.35 bits per heavy atom. The van der Waals surface area contributed by atoms with Crippen LogP contribution in [-0.4, -0.2) is 46.7 Å². The highest BCUT2D eigenvalue weighted by molar-refractivity contribution is 4.80. The maximum atomic E-state index is 4.06. The first-order valence-electron chi connectivity index (χ1n) is 6.65. The summed E-state index contributed by atoms with van der Waals surface area (Å²) in [6, 6.07) is 1.22. The fraction of sp³-hybridized carbons (Fsp3) is 0.769. The topological polar surface area (TPSA) is 33.1 Å². The minimum atomic E-state index is 0.500. The summed E-state index contributed by atoms with van der Waals surface area (Å²) in [5.41, 5.74) is 0. The van der Waals surface area contributed by atoms with Crippen molar-refractivity contribution in [3.05, 3.63) is 18.7 Å². The summed E-state index contributed by atoms with van der Waals surface area (Å²) in [4.78, 5) is 6.55. The van der Waals surface area contributed by atoms with Gasteiger partial charge in [-0.3, -0.25) is 0 Å². The lowest BCUT2D eigenvalue weighted by Gasteiger charge is -2.33. The van der Waals surface area contributed by atoms with Gasteiger partial charge in [0.2, 0.25) is 0 Å². The van der Waals surface area contributed by atoms with E-state index in [0.717, 1.165) is 13.1 Å². The van der Waals surface area contributed by atoms with Gasteiger partial charge in [0.25, 0.3) is 0 Å². The van der Waals surface area contributed by atoms with Crippen LogP contribution < -0.4 is 5.32 Å². The molecule has 1 saturated heterocycles. The highest BCUT2D eigenvalue weighted by Crippen LogP contribution is 2.14. The largest absolute Gasteiger partial charge is 0.336 e. The molecule has 96 valence electrons. The zero-order valence-electron chi connectivity index (χ0n) is 11.0. The van der Waals surface area contributed by atoms with Crippen LogP contribution >= 0.6 is 0 Å². The molecular weight excluding hydrogens is 212 g/mol. The van der Waals surface area contributed by atoms with Crippen LogP contribution in [0.5, 0.6) is 0 Å². The number of likely N-dealkylation sites (tertiary alicyclic amines) is 1. The molecule has 1 aliphatic rings. The Hall–Kier alpha value is -0.870. The van der Waals surface area contributed by atoms with E-state index >= 15 is 0 Å². The first kappa shape index (κ1) is 12.6. The zero-order valence-corrected chi connectivity index (χ0v) is 11.0. The number of hydrogen-bond acceptors (Lipinski definition) is 3. The summed E-state index contributed by atoms with van der Waals surface area (Å²) >= 11 is 0. The van der Waals surface area contributed by atoms with Crippen molar-refractivity contribution < 1.29 is 0 Å². The van der Waals surface area contributed by atoms with E-state index < -0.39 is 0 Å². The molecular formula is C13H24N4. The second-order valence-corrected chi connectivity index (χ2v) is 5.20. The molecule has 0 radical (unpaired) electrons. The summed E-state index contributed by atoms with van der Waals surface area (Å²) in [6.45, 7) is 5.59. The average Bonchev–Trinajstić information content (AvgIpc) is 2.81. The van der Waals surface area contributed by atoms with Crippen molar-refractivity contribution in [3.63, 3.8) is 0 Å². The Balaban J connectivity index is 1.70. The van der Waals surface area contributed by atoms with Gasteiger partial charge in [0, 0.05) is 37.6 Å². The SMILES string of the molecule is CC(Cn1ccnc1)NCC1CCCCN1C. The van der Waals surface area contributed by atoms with E-state index in [1.807, 2.05) is 18.7 Å². The van der Waals surface area contributed by atoms with Gasteiger partial charge >= 0.3 is 0 Å². The molecule has 1 fully saturated rings. The van der Waals surface area contributed by atoms with E-state index in [2.05, 4.69) is 33.7 Å². The predicted molar refractivity (Wildman–Crippen MR) is 70.0 cm³/mol. The molecule has 1 N–H and O–H groups in total. The van der Waals surface area contributed by atoms with Gasteiger partial charge in [0.05, 0.1) is 6.33 Å². The summed E-state index contributed by atoms with van der Waals surface area (Å²) in [5, 5.41) is 3.63. The van der Waals surface area contributed by atoms with Crippen molar-refractivity contribution in [2.45, 2.75) is 44.8 Å². The molecule has 0 saturated carbocycles. The van der Waals surface area contributed by atoms with Crippen LogP contribution in [-0.2, 0) is 6.54 Å². The molecule has 1 aromatic heterocycles. The highest BCUT2D eigenvalue weighted by Gasteiger charge is 2.18. The van der Waals surface area contributed by atoms with Crippen LogP contribution in [0, 0.1) is 0 Å². The number of piperidine rings is 1. The van der Waals surface area contributed by atoms with Crippen LogP contribution in [0.1, 0.15) is 26.2 Å². The van der Waals surface area contributed by atoms with Crippen LogP contribution in [0.4, 0.5) is 0 Å². The van der Waals surface area contributed by atoms with E-state index in [9.17, 15) is 0 Å². The van der Waals surface area contributed by atoms with Gasteiger partial charge in [-0.05, 0) is 33.4 Å². The van der Waals surface area contributed by atoms with Gasteiger partial charge in [-0.1, -0.05) is 6.42 Å². The van der Waals surface area contributed by atoms with Crippen LogP contribution in [0.3, 0.4) is 0 Å². The first-order valence-corrected chi connectivity index (χ1v) is 6.65. The lowest BCUT2D eigenvalue weighted by molar-refractivity contribution is 0.177. The van der Waals surface area contributed by atoms with Gasteiger partial charge < -0.3 is 14.8 Å². The molecule has 1 aliphatic heterocycles. The van der Waals surface area contributed by atoms with Crippen molar-refractivity contribution in [1.29, 1.82) is 0 Å². The average molecular weight is 236 g/mol. The monoisotopic (exact) mass is 236 g/mol. The van der Waals surface area contributed by atoms with Gasteiger partial charge in [-0.25, -0.2) is 4.98 Å². The number of nitrogens with zero attached hydrogens (tertiary/aromatic N) is 3. The number of likely N-dealkylation sites (N-methyl/N-ethyl adjacent to an activating group) is 1. The smallest absolute Gasteiger partial charge is 0.0946 e. The first-order chi connectivity index (χ1) is 8.25. The number of rotatable bonds is 5. The molecule has 0 amide bonds. The molecule has 2 unspecified atom stereocenters. The molecule has 2 heterocycles. The third-order valence-electron chi connectivity index (χ3n) is 3.67. The van der Waals surface area contributed by atoms with Gasteiger partial charge in [-0.2, -0.15) is 0 Å². The molecule has 2 rings (SSSR count). The fourth-order valence-electron chi connectivity index (χ4n) is 2.51. The number of imidazole rings is 1. The summed E-state index contributed by atoms with van der Waals surface area (Å²) in [5.74, 6) is 0. The van der Waals surface area contributed by atoms with Crippen molar-refractivity contribution in [2.24, 2.45) is 0 Å². The highest BCUT2D eigenvalue weighted by atomic mass is 15.2. The van der Waals surface area contributed by atoms with Crippen molar-refractivity contribution >= 4 is 0 Å². The molecule has 0 bridgehead atoms. The maximum Gasteiger partial charge on any atom is 0.0946 e. The standard InChI is InChI=1S/C13H24N4/c1-12(10-17-8-6-14-11-17)15-9-13-5-3-4-7-16(13)2/h6,8,11-13,15H,3-5,7,9-10H2,1-2H3. The van der Waals surface area contributed by atoms with Crippen molar-refractivity contribution in [2.75, 3.05) is 20.1 Å². The Kier molecular flexibility index (Phi) is 4.57. The molecule has 1 aromatic rings. The number of nitrogens with one attached hydrogen (secondary N) is 1. The number of aromatic nitrogens is 2. The Morgan fingerprint density at radius 3 is 3.06 bits per heavy atom. The Bertz CT molecular complexity index is 309. The fourth-order valence-corrected chi connectivity index (χ4v) is 2.51. The summed E-state index contributed by atoms with van der Waals surface area (Å²) < 4.78 is 2.13. The molecule has 4 nitrogen and oxygen atoms in total. The van der Waals surface area contributed by atoms with E-state index in [1.54, 1.807) is 0 Å². The number of hydrogen-bond donors (Lipinski definition) is 1. The quantitative estimate of drug-likeness (QED) is 0.837. The van der Waals surface area contributed by atoms with E-state index in [4.69, 9.17) is 0 Å². The van der Waals surface area contributed by atoms with Crippen molar-refractivity contribution in [3.8, 4) is 0 Å². The molecule has 17 heavy (non-hydrogen) atoms. The molecule has 0 spiro atoms. The maximum absolute atomic E-state index is 4.06. The van der Waals surface area contributed by atoms with Crippen LogP contribution in [0.15, 0.2) is 18.7 Å². The molecule has 2 atom stereocenters. The lowest BCUT2D eigenvalue weighted by Crippen LogP contribution is -2.45. The molecule has 0 aliphatic carbocycles. The predicted octanol–water partition coefficient (Wildman–Crippen LogP) is 1.35. The van der Waals surface area contributed by atoms with Gasteiger partial charge in [0.15, 0.2) is 0 Å².